The lowest BCUT2D eigenvalue weighted by Gasteiger charge is -2.33. The van der Waals surface area contributed by atoms with Gasteiger partial charge in [0.2, 0.25) is 10.0 Å². The number of hydrogen-bond donors (Lipinski definition) is 2. The maximum absolute atomic E-state index is 14.1. The van der Waals surface area contributed by atoms with Crippen molar-refractivity contribution in [2.24, 2.45) is 17.8 Å². The van der Waals surface area contributed by atoms with Crippen molar-refractivity contribution in [3.63, 3.8) is 0 Å². The topological polar surface area (TPSA) is 174 Å². The molecule has 3 N–H and O–H groups in total. The molecule has 4 aliphatic heterocycles. The molecule has 4 heterocycles. The molecule has 0 spiro atoms. The lowest BCUT2D eigenvalue weighted by atomic mass is 10.0. The zero-order chi connectivity index (χ0) is 34.5. The van der Waals surface area contributed by atoms with Crippen LogP contribution in [-0.4, -0.2) is 101 Å². The van der Waals surface area contributed by atoms with Crippen molar-refractivity contribution >= 4 is 28.0 Å². The van der Waals surface area contributed by atoms with Gasteiger partial charge in [-0.25, -0.2) is 18.0 Å². The van der Waals surface area contributed by atoms with Crippen molar-refractivity contribution in [3.05, 3.63) is 60.2 Å². The van der Waals surface area contributed by atoms with Crippen LogP contribution >= 0.6 is 0 Å². The summed E-state index contributed by atoms with van der Waals surface area (Å²) in [5.41, 5.74) is 7.07. The number of amides is 1. The fourth-order valence-corrected chi connectivity index (χ4v) is 8.37. The SMILES string of the molecule is CC(C)CN(C[C@@H](OC(=O)O[C@@H]1CO[C@@H]2OCC[C@@H]21)[C@H](Cc1ccccc1)NC(=O)OC1CO[C@H]2OCC[C@@H]12)S(=O)(=O)c1ccc(N)cc1. The highest BCUT2D eigenvalue weighted by atomic mass is 32.2. The number of sulfonamides is 1. The third-order valence-corrected chi connectivity index (χ3v) is 11.1. The molecule has 0 aromatic heterocycles. The number of rotatable bonds is 13. The third-order valence-electron chi connectivity index (χ3n) is 9.24. The van der Waals surface area contributed by atoms with E-state index >= 15 is 0 Å². The number of hydrogen-bond acceptors (Lipinski definition) is 12. The fraction of sp³-hybridized carbons (Fsp3) is 0.588. The second-order valence-corrected chi connectivity index (χ2v) is 15.2. The Labute approximate surface area is 286 Å². The number of carbonyl (C=O) groups is 2. The molecule has 268 valence electrons. The van der Waals surface area contributed by atoms with E-state index in [0.29, 0.717) is 31.7 Å². The maximum Gasteiger partial charge on any atom is 0.509 e. The van der Waals surface area contributed by atoms with Gasteiger partial charge in [0.05, 0.1) is 55.7 Å². The predicted molar refractivity (Wildman–Crippen MR) is 175 cm³/mol. The van der Waals surface area contributed by atoms with Crippen LogP contribution < -0.4 is 11.1 Å². The molecule has 0 bridgehead atoms. The van der Waals surface area contributed by atoms with Gasteiger partial charge in [-0.05, 0) is 55.0 Å². The average Bonchev–Trinajstić information content (AvgIpc) is 3.86. The molecule has 2 aromatic rings. The Morgan fingerprint density at radius 1 is 0.878 bits per heavy atom. The smallest absolute Gasteiger partial charge is 0.443 e. The van der Waals surface area contributed by atoms with Crippen molar-refractivity contribution < 1.29 is 51.2 Å². The Morgan fingerprint density at radius 3 is 2.10 bits per heavy atom. The van der Waals surface area contributed by atoms with E-state index in [-0.39, 0.29) is 55.4 Å². The summed E-state index contributed by atoms with van der Waals surface area (Å²) in [6, 6.07) is 14.3. The number of nitrogens with zero attached hydrogens (tertiary/aromatic N) is 1. The normalized spacial score (nSPS) is 27.4. The van der Waals surface area contributed by atoms with Crippen molar-refractivity contribution in [3.8, 4) is 0 Å². The van der Waals surface area contributed by atoms with Crippen LogP contribution in [0.1, 0.15) is 32.3 Å². The summed E-state index contributed by atoms with van der Waals surface area (Å²) in [6.07, 6.45) is -3.42. The fourth-order valence-electron chi connectivity index (χ4n) is 6.75. The van der Waals surface area contributed by atoms with Crippen LogP contribution in [0.3, 0.4) is 0 Å². The number of ether oxygens (including phenoxy) is 7. The van der Waals surface area contributed by atoms with Crippen LogP contribution in [-0.2, 0) is 49.6 Å². The van der Waals surface area contributed by atoms with Crippen molar-refractivity contribution in [1.82, 2.24) is 9.62 Å². The molecular weight excluding hydrogens is 658 g/mol. The van der Waals surface area contributed by atoms with Gasteiger partial charge in [0.25, 0.3) is 0 Å². The number of nitrogens with one attached hydrogen (secondary N) is 1. The van der Waals surface area contributed by atoms with E-state index < -0.39 is 59.2 Å². The van der Waals surface area contributed by atoms with Gasteiger partial charge in [0.15, 0.2) is 12.6 Å². The monoisotopic (exact) mass is 703 g/mol. The summed E-state index contributed by atoms with van der Waals surface area (Å²) in [5.74, 6) is -0.330. The largest absolute Gasteiger partial charge is 0.509 e. The minimum absolute atomic E-state index is 0.0283. The van der Waals surface area contributed by atoms with Crippen LogP contribution in [0.15, 0.2) is 59.5 Å². The highest BCUT2D eigenvalue weighted by Crippen LogP contribution is 2.34. The first-order chi connectivity index (χ1) is 23.6. The molecule has 1 unspecified atom stereocenters. The number of carbonyl (C=O) groups excluding carboxylic acids is 2. The molecule has 15 heteroatoms. The first-order valence-corrected chi connectivity index (χ1v) is 18.2. The summed E-state index contributed by atoms with van der Waals surface area (Å²) < 4.78 is 69.4. The Balaban J connectivity index is 1.28. The second-order valence-electron chi connectivity index (χ2n) is 13.3. The summed E-state index contributed by atoms with van der Waals surface area (Å²) >= 11 is 0. The zero-order valence-corrected chi connectivity index (χ0v) is 28.5. The number of nitrogens with two attached hydrogens (primary N) is 1. The molecule has 0 radical (unpaired) electrons. The Bertz CT molecular complexity index is 1530. The highest BCUT2D eigenvalue weighted by Gasteiger charge is 2.46. The summed E-state index contributed by atoms with van der Waals surface area (Å²) in [7, 11) is -4.11. The average molecular weight is 704 g/mol. The molecule has 8 atom stereocenters. The Kier molecular flexibility index (Phi) is 11.3. The molecule has 49 heavy (non-hydrogen) atoms. The minimum atomic E-state index is -4.11. The van der Waals surface area contributed by atoms with Crippen molar-refractivity contribution in [1.29, 1.82) is 0 Å². The van der Waals surface area contributed by atoms with E-state index in [2.05, 4.69) is 5.32 Å². The van der Waals surface area contributed by atoms with Crippen LogP contribution in [0.25, 0.3) is 0 Å². The number of nitrogen functional groups attached to an aromatic ring is 1. The maximum atomic E-state index is 14.1. The molecule has 0 aliphatic carbocycles. The molecule has 14 nitrogen and oxygen atoms in total. The van der Waals surface area contributed by atoms with Gasteiger partial charge in [0, 0.05) is 12.2 Å². The van der Waals surface area contributed by atoms with E-state index in [1.807, 2.05) is 44.2 Å². The zero-order valence-electron chi connectivity index (χ0n) is 27.7. The predicted octanol–water partition coefficient (Wildman–Crippen LogP) is 3.30. The first kappa shape index (κ1) is 35.4. The van der Waals surface area contributed by atoms with Crippen molar-refractivity contribution in [2.75, 3.05) is 45.3 Å². The van der Waals surface area contributed by atoms with Gasteiger partial charge < -0.3 is 44.2 Å². The summed E-state index contributed by atoms with van der Waals surface area (Å²) in [5, 5.41) is 2.89. The minimum Gasteiger partial charge on any atom is -0.443 e. The summed E-state index contributed by atoms with van der Waals surface area (Å²) in [4.78, 5) is 27.1. The molecule has 6 rings (SSSR count). The van der Waals surface area contributed by atoms with Crippen LogP contribution in [0.5, 0.6) is 0 Å². The van der Waals surface area contributed by atoms with E-state index in [9.17, 15) is 18.0 Å². The van der Waals surface area contributed by atoms with Crippen LogP contribution in [0.4, 0.5) is 15.3 Å². The van der Waals surface area contributed by atoms with Crippen LogP contribution in [0.2, 0.25) is 0 Å². The quantitative estimate of drug-likeness (QED) is 0.231. The van der Waals surface area contributed by atoms with Gasteiger partial charge in [0.1, 0.15) is 18.3 Å². The Hall–Kier alpha value is -3.47. The molecule has 1 amide bonds. The van der Waals surface area contributed by atoms with Gasteiger partial charge in [-0.15, -0.1) is 0 Å². The lowest BCUT2D eigenvalue weighted by molar-refractivity contribution is -0.0910. The second kappa shape index (κ2) is 15.6. The number of anilines is 1. The number of benzene rings is 2. The summed E-state index contributed by atoms with van der Waals surface area (Å²) in [6.45, 7) is 4.92. The van der Waals surface area contributed by atoms with E-state index in [1.54, 1.807) is 0 Å². The van der Waals surface area contributed by atoms with Gasteiger partial charge in [-0.1, -0.05) is 44.2 Å². The molecule has 4 aliphatic rings. The molecule has 2 aromatic carbocycles. The standard InChI is InChI=1S/C34H45N3O11S/c1-21(2)17-37(49(40,41)24-10-8-23(35)9-11-24)18-28(47-34(39)48-30-20-45-32-26(30)13-15-43-32)27(16-22-6-4-3-5-7-22)36-33(38)46-29-19-44-31-25(29)12-14-42-31/h3-11,21,25-32H,12-20,35H2,1-2H3,(H,36,38)/t25-,26+,27-,28+,29?,30+,31+,32-/m0/s1. The molecule has 4 fully saturated rings. The first-order valence-electron chi connectivity index (χ1n) is 16.8. The van der Waals surface area contributed by atoms with Gasteiger partial charge in [-0.2, -0.15) is 4.31 Å². The highest BCUT2D eigenvalue weighted by molar-refractivity contribution is 7.89. The number of alkyl carbamates (subject to hydrolysis) is 1. The van der Waals surface area contributed by atoms with Gasteiger partial charge in [-0.3, -0.25) is 0 Å². The van der Waals surface area contributed by atoms with Crippen LogP contribution in [0, 0.1) is 17.8 Å². The number of fused-ring (bicyclic) bond motifs is 2. The van der Waals surface area contributed by atoms with Gasteiger partial charge >= 0.3 is 12.2 Å². The Morgan fingerprint density at radius 2 is 1.49 bits per heavy atom. The van der Waals surface area contributed by atoms with E-state index in [0.717, 1.165) is 5.56 Å². The van der Waals surface area contributed by atoms with Crippen molar-refractivity contribution in [2.45, 2.75) is 74.9 Å². The lowest BCUT2D eigenvalue weighted by Crippen LogP contribution is -2.53. The van der Waals surface area contributed by atoms with E-state index in [4.69, 9.17) is 38.9 Å². The van der Waals surface area contributed by atoms with E-state index in [1.165, 1.54) is 28.6 Å². The molecule has 4 saturated heterocycles. The molecular formula is C34H45N3O11S. The molecule has 0 saturated carbocycles. The third kappa shape index (κ3) is 8.64.